The number of nitrogens with one attached hydrogen (secondary N) is 3. The topological polar surface area (TPSA) is 61.9 Å². The monoisotopic (exact) mass is 406 g/mol. The Hall–Kier alpha value is -2.27. The van der Waals surface area contributed by atoms with Crippen LogP contribution in [0.3, 0.4) is 0 Å². The first-order chi connectivity index (χ1) is 14.7. The third-order valence-corrected chi connectivity index (χ3v) is 7.37. The summed E-state index contributed by atoms with van der Waals surface area (Å²) in [7, 11) is 0. The second-order valence-corrected chi connectivity index (χ2v) is 9.40. The maximum atomic E-state index is 12.9. The summed E-state index contributed by atoms with van der Waals surface area (Å²) in [6, 6.07) is 9.65. The number of H-pyrrole nitrogens is 1. The van der Waals surface area contributed by atoms with E-state index in [1.807, 2.05) is 4.57 Å². The van der Waals surface area contributed by atoms with E-state index in [9.17, 15) is 4.79 Å². The van der Waals surface area contributed by atoms with Crippen LogP contribution in [-0.2, 0) is 13.1 Å². The Kier molecular flexibility index (Phi) is 5.55. The number of fused-ring (bicyclic) bond motifs is 5. The first-order valence-corrected chi connectivity index (χ1v) is 11.8. The fourth-order valence-electron chi connectivity index (χ4n) is 5.47. The van der Waals surface area contributed by atoms with Gasteiger partial charge in [0.15, 0.2) is 0 Å². The molecule has 1 aromatic heterocycles. The Morgan fingerprint density at radius 1 is 1.07 bits per heavy atom. The van der Waals surface area contributed by atoms with Gasteiger partial charge >= 0.3 is 5.69 Å². The Labute approximate surface area is 179 Å². The minimum absolute atomic E-state index is 0.0370. The normalized spacial score (nSPS) is 25.1. The summed E-state index contributed by atoms with van der Waals surface area (Å²) in [6.45, 7) is 5.93. The Balaban J connectivity index is 1.46. The fourth-order valence-corrected chi connectivity index (χ4v) is 5.47. The van der Waals surface area contributed by atoms with Crippen LogP contribution < -0.4 is 16.3 Å². The highest BCUT2D eigenvalue weighted by molar-refractivity contribution is 5.63. The Morgan fingerprint density at radius 3 is 2.73 bits per heavy atom. The lowest BCUT2D eigenvalue weighted by molar-refractivity contribution is 0.271. The zero-order valence-corrected chi connectivity index (χ0v) is 17.9. The predicted octanol–water partition coefficient (Wildman–Crippen LogP) is 4.76. The number of aromatic nitrogens is 2. The smallest absolute Gasteiger partial charge is 0.327 e. The van der Waals surface area contributed by atoms with Crippen molar-refractivity contribution in [2.24, 2.45) is 0 Å². The summed E-state index contributed by atoms with van der Waals surface area (Å²) in [6.07, 6.45) is 10.5. The average molecular weight is 407 g/mol. The molecule has 0 saturated heterocycles. The van der Waals surface area contributed by atoms with Gasteiger partial charge in [0, 0.05) is 31.1 Å². The van der Waals surface area contributed by atoms with E-state index in [2.05, 4.69) is 46.5 Å². The molecule has 5 rings (SSSR count). The van der Waals surface area contributed by atoms with Gasteiger partial charge in [-0.2, -0.15) is 0 Å². The molecule has 2 heterocycles. The van der Waals surface area contributed by atoms with Gasteiger partial charge < -0.3 is 10.6 Å². The van der Waals surface area contributed by atoms with Gasteiger partial charge in [0.25, 0.3) is 0 Å². The molecule has 3 aliphatic rings. The first-order valence-electron chi connectivity index (χ1n) is 11.8. The van der Waals surface area contributed by atoms with Crippen LogP contribution in [0.25, 0.3) is 5.57 Å². The highest BCUT2D eigenvalue weighted by Crippen LogP contribution is 2.40. The van der Waals surface area contributed by atoms with Gasteiger partial charge in [-0.25, -0.2) is 4.79 Å². The molecule has 0 amide bonds. The molecule has 0 spiro atoms. The molecule has 30 heavy (non-hydrogen) atoms. The zero-order valence-electron chi connectivity index (χ0n) is 17.9. The summed E-state index contributed by atoms with van der Waals surface area (Å²) >= 11 is 0. The summed E-state index contributed by atoms with van der Waals surface area (Å²) in [5.41, 5.74) is 4.93. The molecule has 2 saturated carbocycles. The first kappa shape index (κ1) is 19.7. The van der Waals surface area contributed by atoms with Gasteiger partial charge in [0.2, 0.25) is 0 Å². The van der Waals surface area contributed by atoms with Crippen LogP contribution >= 0.6 is 0 Å². The molecule has 3 N–H and O–H groups in total. The number of hydrogen-bond donors (Lipinski definition) is 3. The summed E-state index contributed by atoms with van der Waals surface area (Å²) in [5, 5.41) is 7.51. The molecular formula is C25H34N4O. The molecule has 1 aliphatic heterocycles. The van der Waals surface area contributed by atoms with E-state index in [4.69, 9.17) is 0 Å². The highest BCUT2D eigenvalue weighted by Gasteiger charge is 2.37. The molecule has 2 bridgehead atoms. The number of imidazole rings is 1. The molecule has 5 nitrogen and oxygen atoms in total. The Bertz CT molecular complexity index is 966. The SMILES string of the molecule is C=C1CCCn2c(c(NC3CCCCC3)[nH]c2=O)[C@@H]2CCC2NCc2cccc1c2. The minimum Gasteiger partial charge on any atom is -0.367 e. The van der Waals surface area contributed by atoms with E-state index < -0.39 is 0 Å². The molecular weight excluding hydrogens is 372 g/mol. The lowest BCUT2D eigenvalue weighted by atomic mass is 9.77. The molecule has 2 atom stereocenters. The van der Waals surface area contributed by atoms with Gasteiger partial charge in [-0.05, 0) is 55.2 Å². The Morgan fingerprint density at radius 2 is 1.93 bits per heavy atom. The van der Waals surface area contributed by atoms with Crippen molar-refractivity contribution in [3.8, 4) is 0 Å². The molecule has 2 fully saturated rings. The van der Waals surface area contributed by atoms with Crippen molar-refractivity contribution < 1.29 is 0 Å². The van der Waals surface area contributed by atoms with Crippen LogP contribution in [0.4, 0.5) is 5.82 Å². The molecule has 1 unspecified atom stereocenters. The lowest BCUT2D eigenvalue weighted by Gasteiger charge is -2.38. The van der Waals surface area contributed by atoms with E-state index in [0.717, 1.165) is 43.7 Å². The van der Waals surface area contributed by atoms with Crippen molar-refractivity contribution in [1.82, 2.24) is 14.9 Å². The third kappa shape index (κ3) is 3.87. The maximum Gasteiger partial charge on any atom is 0.327 e. The van der Waals surface area contributed by atoms with Crippen LogP contribution in [0.5, 0.6) is 0 Å². The maximum absolute atomic E-state index is 12.9. The number of anilines is 1. The highest BCUT2D eigenvalue weighted by atomic mass is 16.1. The summed E-state index contributed by atoms with van der Waals surface area (Å²) in [4.78, 5) is 16.1. The largest absolute Gasteiger partial charge is 0.367 e. The van der Waals surface area contributed by atoms with Gasteiger partial charge in [0.05, 0.1) is 5.69 Å². The van der Waals surface area contributed by atoms with Crippen LogP contribution in [0, 0.1) is 0 Å². The number of aromatic amines is 1. The molecule has 5 heteroatoms. The molecule has 2 aliphatic carbocycles. The number of hydrogen-bond acceptors (Lipinski definition) is 3. The molecule has 0 radical (unpaired) electrons. The van der Waals surface area contributed by atoms with Crippen molar-refractivity contribution in [3.63, 3.8) is 0 Å². The van der Waals surface area contributed by atoms with Crippen molar-refractivity contribution in [3.05, 3.63) is 58.1 Å². The molecule has 160 valence electrons. The van der Waals surface area contributed by atoms with E-state index in [1.165, 1.54) is 55.3 Å². The minimum atomic E-state index is 0.0370. The quantitative estimate of drug-likeness (QED) is 0.674. The van der Waals surface area contributed by atoms with Crippen LogP contribution in [0.15, 0.2) is 35.6 Å². The predicted molar refractivity (Wildman–Crippen MR) is 123 cm³/mol. The second kappa shape index (κ2) is 8.46. The lowest BCUT2D eigenvalue weighted by Crippen LogP contribution is -2.43. The standard InChI is InChI=1S/C25H34N4O/c1-17-7-6-14-29-23(24(28-25(29)30)27-20-10-3-2-4-11-20)21-12-13-22(21)26-16-18-8-5-9-19(17)15-18/h5,8-9,15,20-22,26-27H,1-4,6-7,10-14,16H2,(H,28,30)/t21-,22?/m1/s1. The van der Waals surface area contributed by atoms with E-state index in [1.54, 1.807) is 0 Å². The number of benzene rings is 1. The van der Waals surface area contributed by atoms with Crippen LogP contribution in [-0.4, -0.2) is 21.6 Å². The van der Waals surface area contributed by atoms with Gasteiger partial charge in [-0.1, -0.05) is 50.1 Å². The van der Waals surface area contributed by atoms with E-state index in [0.29, 0.717) is 18.0 Å². The summed E-state index contributed by atoms with van der Waals surface area (Å²) < 4.78 is 2.02. The van der Waals surface area contributed by atoms with Crippen molar-refractivity contribution in [2.75, 3.05) is 5.32 Å². The van der Waals surface area contributed by atoms with Crippen molar-refractivity contribution >= 4 is 11.4 Å². The second-order valence-electron chi connectivity index (χ2n) is 9.40. The summed E-state index contributed by atoms with van der Waals surface area (Å²) in [5.74, 6) is 1.37. The van der Waals surface area contributed by atoms with Crippen molar-refractivity contribution in [2.45, 2.75) is 88.9 Å². The van der Waals surface area contributed by atoms with E-state index >= 15 is 0 Å². The van der Waals surface area contributed by atoms with E-state index in [-0.39, 0.29) is 5.69 Å². The van der Waals surface area contributed by atoms with Gasteiger partial charge in [0.1, 0.15) is 5.82 Å². The number of allylic oxidation sites excluding steroid dienone is 1. The van der Waals surface area contributed by atoms with Crippen LogP contribution in [0.1, 0.15) is 80.5 Å². The average Bonchev–Trinajstić information content (AvgIpc) is 3.02. The van der Waals surface area contributed by atoms with Gasteiger partial charge in [-0.15, -0.1) is 0 Å². The zero-order chi connectivity index (χ0) is 20.5. The molecule has 1 aromatic carbocycles. The number of rotatable bonds is 2. The fraction of sp³-hybridized carbons (Fsp3) is 0.560. The molecule has 2 aromatic rings. The van der Waals surface area contributed by atoms with Crippen LogP contribution in [0.2, 0.25) is 0 Å². The number of nitrogens with zero attached hydrogens (tertiary/aromatic N) is 1. The van der Waals surface area contributed by atoms with Crippen molar-refractivity contribution in [1.29, 1.82) is 0 Å². The van der Waals surface area contributed by atoms with Gasteiger partial charge in [-0.3, -0.25) is 9.55 Å². The third-order valence-electron chi connectivity index (χ3n) is 7.37.